The maximum absolute atomic E-state index is 14.0. The van der Waals surface area contributed by atoms with Crippen molar-refractivity contribution in [2.45, 2.75) is 116 Å². The van der Waals surface area contributed by atoms with Crippen LogP contribution in [0.3, 0.4) is 0 Å². The fourth-order valence-electron chi connectivity index (χ4n) is 7.03. The van der Waals surface area contributed by atoms with Gasteiger partial charge in [0.15, 0.2) is 5.96 Å². The Balaban J connectivity index is 1.23. The summed E-state index contributed by atoms with van der Waals surface area (Å²) in [6.07, 6.45) is 15.5. The fraction of sp³-hybridized carbons (Fsp3) is 0.561. The number of aliphatic imine (C=N–C) groups is 1. The number of unbranched alkanes of at least 4 members (excludes halogenated alkanes) is 1. The normalized spacial score (nSPS) is 14.4. The number of amides is 1. The van der Waals surface area contributed by atoms with E-state index in [-0.39, 0.29) is 24.5 Å². The molecule has 7 N–H and O–H groups in total. The number of carbonyl (C=O) groups is 1. The third kappa shape index (κ3) is 13.7. The monoisotopic (exact) mass is 755 g/mol. The molecule has 0 radical (unpaired) electrons. The Labute approximate surface area is 325 Å². The van der Waals surface area contributed by atoms with E-state index in [2.05, 4.69) is 50.8 Å². The summed E-state index contributed by atoms with van der Waals surface area (Å²) in [5.41, 5.74) is 20.5. The summed E-state index contributed by atoms with van der Waals surface area (Å²) in [6, 6.07) is 15.3. The van der Waals surface area contributed by atoms with Crippen molar-refractivity contribution in [1.29, 1.82) is 0 Å². The predicted molar refractivity (Wildman–Crippen MR) is 215 cm³/mol. The van der Waals surface area contributed by atoms with Crippen molar-refractivity contribution in [2.75, 3.05) is 19.7 Å². The van der Waals surface area contributed by atoms with E-state index >= 15 is 0 Å². The molecule has 1 aliphatic carbocycles. The van der Waals surface area contributed by atoms with Crippen molar-refractivity contribution >= 4 is 11.9 Å². The average Bonchev–Trinajstić information content (AvgIpc) is 3.83. The molecule has 2 aromatic carbocycles. The second-order valence-electron chi connectivity index (χ2n) is 15.1. The molecule has 0 bridgehead atoms. The van der Waals surface area contributed by atoms with Gasteiger partial charge in [-0.25, -0.2) is 4.68 Å². The second kappa shape index (κ2) is 21.8. The number of aromatic nitrogens is 6. The molecule has 14 nitrogen and oxygen atoms in total. The largest absolute Gasteiger partial charge is 0.494 e. The van der Waals surface area contributed by atoms with Crippen LogP contribution < -0.4 is 32.0 Å². The lowest BCUT2D eigenvalue weighted by Crippen LogP contribution is -2.42. The second-order valence-corrected chi connectivity index (χ2v) is 15.1. The summed E-state index contributed by atoms with van der Waals surface area (Å²) in [5, 5.41) is 21.0. The van der Waals surface area contributed by atoms with E-state index in [1.807, 2.05) is 54.9 Å². The lowest BCUT2D eigenvalue weighted by atomic mass is 9.86. The Hall–Kier alpha value is -4.98. The van der Waals surface area contributed by atoms with Gasteiger partial charge in [-0.3, -0.25) is 14.5 Å². The number of nitrogens with one attached hydrogen (secondary N) is 1. The molecule has 1 fully saturated rings. The first kappa shape index (κ1) is 41.2. The first-order chi connectivity index (χ1) is 26.8. The number of hydrogen-bond donors (Lipinski definition) is 4. The van der Waals surface area contributed by atoms with Gasteiger partial charge in [0.25, 0.3) is 0 Å². The standard InChI is InChI=1S/C41H61N11O3/c1-30(2)20-23-54-36-16-10-14-32(25-36)37-17-6-7-19-39(37)55-29-35-27-51(49-48-35)26-33(15-8-9-21-42)46-40(53)38(18-11-22-45-41(43)44)52-28-34(47-50-52)24-31-12-4-3-5-13-31/h6-7,10,14,16-17,19,25,27-28,30-31,33,38H,3-5,8-9,11-13,15,18,20-24,26,29,42H2,1-2H3,(H,46,53)(H4,43,44,45)/t33-,38-/m1/s1. The van der Waals surface area contributed by atoms with Crippen LogP contribution in [0.4, 0.5) is 0 Å². The quantitative estimate of drug-likeness (QED) is 0.0422. The molecule has 1 saturated carbocycles. The highest BCUT2D eigenvalue weighted by Crippen LogP contribution is 2.32. The summed E-state index contributed by atoms with van der Waals surface area (Å²) in [5.74, 6) is 2.67. The smallest absolute Gasteiger partial charge is 0.245 e. The topological polar surface area (TPSA) is 199 Å². The number of para-hydroxylation sites is 1. The van der Waals surface area contributed by atoms with E-state index in [1.165, 1.54) is 32.1 Å². The maximum atomic E-state index is 14.0. The molecule has 1 aliphatic rings. The van der Waals surface area contributed by atoms with Crippen LogP contribution in [0.2, 0.25) is 0 Å². The number of carbonyl (C=O) groups excluding carboxylic acids is 1. The third-order valence-corrected chi connectivity index (χ3v) is 10.1. The highest BCUT2D eigenvalue weighted by molar-refractivity contribution is 5.80. The summed E-state index contributed by atoms with van der Waals surface area (Å²) < 4.78 is 15.8. The molecule has 0 spiro atoms. The molecular formula is C41H61N11O3. The van der Waals surface area contributed by atoms with Gasteiger partial charge in [0.2, 0.25) is 5.91 Å². The van der Waals surface area contributed by atoms with Crippen LogP contribution in [0, 0.1) is 11.8 Å². The van der Waals surface area contributed by atoms with E-state index < -0.39 is 6.04 Å². The fourth-order valence-corrected chi connectivity index (χ4v) is 7.03. The molecule has 2 atom stereocenters. The van der Waals surface area contributed by atoms with E-state index in [9.17, 15) is 4.79 Å². The molecule has 0 saturated heterocycles. The highest BCUT2D eigenvalue weighted by atomic mass is 16.5. The number of nitrogens with two attached hydrogens (primary N) is 3. The lowest BCUT2D eigenvalue weighted by molar-refractivity contribution is -0.125. The van der Waals surface area contributed by atoms with Gasteiger partial charge in [-0.05, 0) is 80.7 Å². The minimum atomic E-state index is -0.564. The van der Waals surface area contributed by atoms with Crippen molar-refractivity contribution in [3.8, 4) is 22.6 Å². The predicted octanol–water partition coefficient (Wildman–Crippen LogP) is 5.57. The van der Waals surface area contributed by atoms with E-state index in [0.717, 1.165) is 60.4 Å². The summed E-state index contributed by atoms with van der Waals surface area (Å²) >= 11 is 0. The minimum Gasteiger partial charge on any atom is -0.494 e. The Morgan fingerprint density at radius 1 is 0.927 bits per heavy atom. The highest BCUT2D eigenvalue weighted by Gasteiger charge is 2.26. The van der Waals surface area contributed by atoms with Crippen LogP contribution in [0.1, 0.15) is 102 Å². The third-order valence-electron chi connectivity index (χ3n) is 10.1. The molecule has 2 aromatic heterocycles. The van der Waals surface area contributed by atoms with Crippen molar-refractivity contribution in [1.82, 2.24) is 35.3 Å². The summed E-state index contributed by atoms with van der Waals surface area (Å²) in [4.78, 5) is 18.2. The summed E-state index contributed by atoms with van der Waals surface area (Å²) in [7, 11) is 0. The van der Waals surface area contributed by atoms with Gasteiger partial charge in [0, 0.05) is 24.3 Å². The van der Waals surface area contributed by atoms with Gasteiger partial charge in [-0.2, -0.15) is 0 Å². The van der Waals surface area contributed by atoms with Crippen molar-refractivity contribution in [2.24, 2.45) is 34.0 Å². The van der Waals surface area contributed by atoms with Gasteiger partial charge >= 0.3 is 0 Å². The van der Waals surface area contributed by atoms with Gasteiger partial charge < -0.3 is 32.0 Å². The van der Waals surface area contributed by atoms with Crippen LogP contribution in [-0.2, 0) is 24.4 Å². The Kier molecular flexibility index (Phi) is 16.3. The van der Waals surface area contributed by atoms with E-state index in [4.69, 9.17) is 26.7 Å². The van der Waals surface area contributed by atoms with Gasteiger partial charge in [0.1, 0.15) is 29.8 Å². The molecule has 0 unspecified atom stereocenters. The zero-order valence-corrected chi connectivity index (χ0v) is 32.7. The molecule has 55 heavy (non-hydrogen) atoms. The molecular weight excluding hydrogens is 695 g/mol. The number of rotatable bonds is 23. The molecule has 4 aromatic rings. The van der Waals surface area contributed by atoms with Crippen molar-refractivity contribution < 1.29 is 14.3 Å². The molecule has 14 heteroatoms. The molecule has 2 heterocycles. The van der Waals surface area contributed by atoms with Crippen LogP contribution in [0.5, 0.6) is 11.5 Å². The Morgan fingerprint density at radius 2 is 1.75 bits per heavy atom. The molecule has 5 rings (SSSR count). The molecule has 0 aliphatic heterocycles. The Morgan fingerprint density at radius 3 is 2.55 bits per heavy atom. The average molecular weight is 756 g/mol. The van der Waals surface area contributed by atoms with Crippen LogP contribution in [0.15, 0.2) is 65.9 Å². The van der Waals surface area contributed by atoms with Crippen LogP contribution in [-0.4, -0.2) is 67.6 Å². The van der Waals surface area contributed by atoms with Crippen LogP contribution >= 0.6 is 0 Å². The number of benzene rings is 2. The molecule has 298 valence electrons. The Bertz CT molecular complexity index is 1760. The lowest BCUT2D eigenvalue weighted by Gasteiger charge is -2.23. The molecule has 1 amide bonds. The summed E-state index contributed by atoms with van der Waals surface area (Å²) in [6.45, 7) is 6.74. The van der Waals surface area contributed by atoms with E-state index in [1.54, 1.807) is 9.36 Å². The van der Waals surface area contributed by atoms with Crippen molar-refractivity contribution in [3.05, 3.63) is 72.3 Å². The van der Waals surface area contributed by atoms with Gasteiger partial charge in [-0.1, -0.05) is 93.1 Å². The zero-order chi connectivity index (χ0) is 38.8. The van der Waals surface area contributed by atoms with Gasteiger partial charge in [0.05, 0.1) is 25.0 Å². The minimum absolute atomic E-state index is 0.0334. The zero-order valence-electron chi connectivity index (χ0n) is 32.7. The first-order valence-corrected chi connectivity index (χ1v) is 20.1. The van der Waals surface area contributed by atoms with Crippen molar-refractivity contribution in [3.63, 3.8) is 0 Å². The first-order valence-electron chi connectivity index (χ1n) is 20.1. The SMILES string of the molecule is CC(C)CCOc1cccc(-c2ccccc2OCc2cn(C[C@@H](CCCCN)NC(=O)[C@@H](CCCN=C(N)N)n3cc(CC4CCCCC4)nn3)nn2)c1. The van der Waals surface area contributed by atoms with Gasteiger partial charge in [-0.15, -0.1) is 10.2 Å². The maximum Gasteiger partial charge on any atom is 0.245 e. The number of nitrogens with zero attached hydrogens (tertiary/aromatic N) is 7. The van der Waals surface area contributed by atoms with E-state index in [0.29, 0.717) is 56.6 Å². The van der Waals surface area contributed by atoms with Crippen LogP contribution in [0.25, 0.3) is 11.1 Å². The number of hydrogen-bond acceptors (Lipinski definition) is 9. The number of guanidine groups is 1. The number of ether oxygens (including phenoxy) is 2.